The molecule has 0 radical (unpaired) electrons. The summed E-state index contributed by atoms with van der Waals surface area (Å²) in [4.78, 5) is 41.5. The van der Waals surface area contributed by atoms with Gasteiger partial charge in [0.15, 0.2) is 5.82 Å². The number of hydrogen-bond acceptors (Lipinski definition) is 9. The Morgan fingerprint density at radius 2 is 1.86 bits per heavy atom. The van der Waals surface area contributed by atoms with Crippen LogP contribution in [-0.2, 0) is 17.8 Å². The predicted molar refractivity (Wildman–Crippen MR) is 165 cm³/mol. The number of amides is 2. The highest BCUT2D eigenvalue weighted by atomic mass is 16.6. The van der Waals surface area contributed by atoms with Crippen molar-refractivity contribution in [3.05, 3.63) is 77.2 Å². The molecule has 12 heteroatoms. The summed E-state index contributed by atoms with van der Waals surface area (Å²) < 4.78 is 7.26. The summed E-state index contributed by atoms with van der Waals surface area (Å²) in [6.45, 7) is 9.91. The van der Waals surface area contributed by atoms with Gasteiger partial charge in [-0.25, -0.2) is 14.8 Å². The summed E-state index contributed by atoms with van der Waals surface area (Å²) in [5.41, 5.74) is 2.77. The van der Waals surface area contributed by atoms with Crippen LogP contribution in [0.2, 0.25) is 0 Å². The van der Waals surface area contributed by atoms with Crippen molar-refractivity contribution in [2.45, 2.75) is 59.4 Å². The first-order chi connectivity index (χ1) is 20.9. The van der Waals surface area contributed by atoms with E-state index in [2.05, 4.69) is 16.3 Å². The number of para-hydroxylation sites is 1. The van der Waals surface area contributed by atoms with Crippen LogP contribution in [-0.4, -0.2) is 67.4 Å². The number of fused-ring (bicyclic) bond motifs is 1. The molecule has 0 bridgehead atoms. The molecule has 0 N–H and O–H groups in total. The van der Waals surface area contributed by atoms with Crippen LogP contribution >= 0.6 is 0 Å². The number of anilines is 2. The van der Waals surface area contributed by atoms with Crippen molar-refractivity contribution in [3.8, 4) is 23.3 Å². The molecular formula is C32H35N9O3. The summed E-state index contributed by atoms with van der Waals surface area (Å²) in [6.07, 6.45) is 1.05. The zero-order valence-electron chi connectivity index (χ0n) is 25.9. The summed E-state index contributed by atoms with van der Waals surface area (Å²) in [6, 6.07) is 16.6. The molecule has 4 heterocycles. The van der Waals surface area contributed by atoms with Crippen LogP contribution in [0.4, 0.5) is 16.4 Å². The first-order valence-corrected chi connectivity index (χ1v) is 14.3. The van der Waals surface area contributed by atoms with E-state index in [0.29, 0.717) is 45.7 Å². The highest BCUT2D eigenvalue weighted by Crippen LogP contribution is 2.33. The highest BCUT2D eigenvalue weighted by molar-refractivity contribution is 6.10. The van der Waals surface area contributed by atoms with Gasteiger partial charge in [-0.3, -0.25) is 14.3 Å². The number of carbonyl (C=O) groups is 2. The average molecular weight is 594 g/mol. The lowest BCUT2D eigenvalue weighted by atomic mass is 10.1. The molecule has 1 aliphatic rings. The van der Waals surface area contributed by atoms with Gasteiger partial charge in [0.1, 0.15) is 35.3 Å². The second-order valence-corrected chi connectivity index (χ2v) is 11.9. The van der Waals surface area contributed by atoms with E-state index in [0.717, 1.165) is 5.56 Å². The quantitative estimate of drug-likeness (QED) is 0.291. The molecular weight excluding hydrogens is 558 g/mol. The highest BCUT2D eigenvalue weighted by Gasteiger charge is 2.34. The molecule has 0 saturated heterocycles. The number of ether oxygens (including phenoxy) is 1. The maximum atomic E-state index is 13.9. The normalized spacial score (nSPS) is 12.7. The van der Waals surface area contributed by atoms with E-state index in [4.69, 9.17) is 14.7 Å². The number of nitrogens with zero attached hydrogens (tertiary/aromatic N) is 9. The number of hydrogen-bond donors (Lipinski definition) is 0. The van der Waals surface area contributed by atoms with E-state index in [9.17, 15) is 14.9 Å². The lowest BCUT2D eigenvalue weighted by Crippen LogP contribution is -2.34. The number of pyridine rings is 2. The van der Waals surface area contributed by atoms with E-state index in [1.807, 2.05) is 58.7 Å². The van der Waals surface area contributed by atoms with Crippen LogP contribution in [0.15, 0.2) is 54.9 Å². The minimum atomic E-state index is -0.648. The van der Waals surface area contributed by atoms with Crippen molar-refractivity contribution in [2.75, 3.05) is 23.9 Å². The van der Waals surface area contributed by atoms with Crippen molar-refractivity contribution in [3.63, 3.8) is 0 Å². The molecule has 0 aliphatic carbocycles. The lowest BCUT2D eigenvalue weighted by molar-refractivity contribution is 0.0282. The number of benzene rings is 1. The molecule has 3 aromatic heterocycles. The van der Waals surface area contributed by atoms with Crippen molar-refractivity contribution in [2.24, 2.45) is 0 Å². The van der Waals surface area contributed by atoms with Gasteiger partial charge in [-0.05, 0) is 65.0 Å². The number of carbonyl (C=O) groups excluding carboxylic acids is 2. The minimum Gasteiger partial charge on any atom is -0.444 e. The van der Waals surface area contributed by atoms with Crippen LogP contribution in [0.1, 0.15) is 61.8 Å². The van der Waals surface area contributed by atoms with Crippen LogP contribution < -0.4 is 9.80 Å². The molecule has 0 saturated carbocycles. The van der Waals surface area contributed by atoms with Gasteiger partial charge in [-0.1, -0.05) is 18.2 Å². The Bertz CT molecular complexity index is 1770. The van der Waals surface area contributed by atoms with Crippen molar-refractivity contribution >= 4 is 23.6 Å². The zero-order valence-corrected chi connectivity index (χ0v) is 25.9. The van der Waals surface area contributed by atoms with Crippen molar-refractivity contribution < 1.29 is 14.3 Å². The van der Waals surface area contributed by atoms with Gasteiger partial charge in [-0.15, -0.1) is 10.2 Å². The van der Waals surface area contributed by atoms with E-state index in [-0.39, 0.29) is 25.0 Å². The summed E-state index contributed by atoms with van der Waals surface area (Å²) in [5, 5.41) is 18.0. The maximum Gasteiger partial charge on any atom is 0.410 e. The van der Waals surface area contributed by atoms with Gasteiger partial charge in [0.2, 0.25) is 0 Å². The average Bonchev–Trinajstić information content (AvgIpc) is 3.61. The van der Waals surface area contributed by atoms with E-state index in [1.54, 1.807) is 52.9 Å². The monoisotopic (exact) mass is 593 g/mol. The Kier molecular flexibility index (Phi) is 8.06. The third kappa shape index (κ3) is 5.94. The van der Waals surface area contributed by atoms with Crippen molar-refractivity contribution in [1.82, 2.24) is 29.6 Å². The fraction of sp³-hybridized carbons (Fsp3) is 0.344. The number of aromatic nitrogens is 5. The fourth-order valence-electron chi connectivity index (χ4n) is 4.80. The molecule has 2 amide bonds. The van der Waals surface area contributed by atoms with Crippen LogP contribution in [0.3, 0.4) is 0 Å². The molecule has 12 nitrogen and oxygen atoms in total. The maximum absolute atomic E-state index is 13.9. The summed E-state index contributed by atoms with van der Waals surface area (Å²) in [5.74, 6) is 1.27. The number of nitriles is 1. The second-order valence-electron chi connectivity index (χ2n) is 11.9. The molecule has 5 rings (SSSR count). The lowest BCUT2D eigenvalue weighted by Gasteiger charge is -2.26. The smallest absolute Gasteiger partial charge is 0.410 e. The third-order valence-corrected chi connectivity index (χ3v) is 7.29. The topological polar surface area (TPSA) is 133 Å². The fourth-order valence-corrected chi connectivity index (χ4v) is 4.80. The third-order valence-electron chi connectivity index (χ3n) is 7.29. The molecule has 0 unspecified atom stereocenters. The van der Waals surface area contributed by atoms with Gasteiger partial charge in [0.05, 0.1) is 35.6 Å². The van der Waals surface area contributed by atoms with Gasteiger partial charge >= 0.3 is 6.09 Å². The van der Waals surface area contributed by atoms with Crippen LogP contribution in [0.25, 0.3) is 17.2 Å². The Morgan fingerprint density at radius 3 is 2.57 bits per heavy atom. The zero-order chi connectivity index (χ0) is 31.8. The van der Waals surface area contributed by atoms with Crippen LogP contribution in [0, 0.1) is 11.3 Å². The van der Waals surface area contributed by atoms with Gasteiger partial charge in [0.25, 0.3) is 5.91 Å². The molecule has 0 fully saturated rings. The molecule has 226 valence electrons. The Labute approximate surface area is 256 Å². The molecule has 1 aliphatic heterocycles. The number of rotatable bonds is 7. The van der Waals surface area contributed by atoms with Gasteiger partial charge < -0.3 is 14.5 Å². The first-order valence-electron chi connectivity index (χ1n) is 14.3. The predicted octanol–water partition coefficient (Wildman–Crippen LogP) is 4.97. The van der Waals surface area contributed by atoms with E-state index in [1.165, 1.54) is 11.2 Å². The summed E-state index contributed by atoms with van der Waals surface area (Å²) >= 11 is 0. The molecule has 1 aromatic carbocycles. The largest absolute Gasteiger partial charge is 0.444 e. The Hall–Kier alpha value is -5.31. The Morgan fingerprint density at radius 1 is 1.11 bits per heavy atom. The van der Waals surface area contributed by atoms with Gasteiger partial charge in [0, 0.05) is 25.7 Å². The van der Waals surface area contributed by atoms with Crippen molar-refractivity contribution in [1.29, 1.82) is 5.26 Å². The molecule has 0 spiro atoms. The second kappa shape index (κ2) is 11.8. The van der Waals surface area contributed by atoms with Gasteiger partial charge in [-0.2, -0.15) is 5.26 Å². The molecule has 0 atom stereocenters. The first kappa shape index (κ1) is 30.2. The SMILES string of the molecule is CC(C)N(C)c1cc2c(c(CN(C)C(=O)OC(C)(C)C)n1)CN(c1cccc(-c3nncn3-c3ccccc3C#N)n1)C2=O. The molecule has 44 heavy (non-hydrogen) atoms. The Balaban J connectivity index is 1.51. The minimum absolute atomic E-state index is 0.131. The van der Waals surface area contributed by atoms with E-state index < -0.39 is 11.7 Å². The summed E-state index contributed by atoms with van der Waals surface area (Å²) in [7, 11) is 3.57. The molecule has 4 aromatic rings. The standard InChI is InChI=1S/C32H35N9O3/c1-20(2)39(7)28-15-22-23(25(36-28)18-38(6)31(43)44-32(3,4)5)17-40(30(22)42)27-14-10-12-24(35-27)29-37-34-19-41(29)26-13-9-8-11-21(26)16-33/h8-15,19-20H,17-18H2,1-7H3. The van der Waals surface area contributed by atoms with E-state index >= 15 is 0 Å². The van der Waals surface area contributed by atoms with Crippen LogP contribution in [0.5, 0.6) is 0 Å².